The maximum atomic E-state index is 13.0. The van der Waals surface area contributed by atoms with Crippen LogP contribution in [0.3, 0.4) is 0 Å². The van der Waals surface area contributed by atoms with Gasteiger partial charge in [-0.25, -0.2) is 24.5 Å². The lowest BCUT2D eigenvalue weighted by atomic mass is 10.0. The highest BCUT2D eigenvalue weighted by molar-refractivity contribution is 6.33. The van der Waals surface area contributed by atoms with Crippen LogP contribution >= 0.6 is 23.2 Å². The first-order valence-electron chi connectivity index (χ1n) is 11.4. The summed E-state index contributed by atoms with van der Waals surface area (Å²) in [5.41, 5.74) is 1.51. The largest absolute Gasteiger partial charge is 0.459 e. The predicted octanol–water partition coefficient (Wildman–Crippen LogP) is 4.77. The molecule has 0 unspecified atom stereocenters. The van der Waals surface area contributed by atoms with Gasteiger partial charge in [-0.15, -0.1) is 11.6 Å². The van der Waals surface area contributed by atoms with E-state index in [-0.39, 0.29) is 11.8 Å². The van der Waals surface area contributed by atoms with Crippen LogP contribution in [0.5, 0.6) is 0 Å². The highest BCUT2D eigenvalue weighted by Gasteiger charge is 2.57. The summed E-state index contributed by atoms with van der Waals surface area (Å²) in [6.07, 6.45) is -1.28. The molecule has 0 N–H and O–H groups in total. The number of carbonyl (C=O) groups is 2. The summed E-state index contributed by atoms with van der Waals surface area (Å²) in [6, 6.07) is 17.1. The third-order valence-electron chi connectivity index (χ3n) is 6.06. The van der Waals surface area contributed by atoms with Gasteiger partial charge in [-0.2, -0.15) is 0 Å². The Kier molecular flexibility index (Phi) is 6.85. The van der Waals surface area contributed by atoms with Crippen LogP contribution in [0.2, 0.25) is 5.15 Å². The van der Waals surface area contributed by atoms with Gasteiger partial charge in [-0.05, 0) is 38.1 Å². The predicted molar refractivity (Wildman–Crippen MR) is 136 cm³/mol. The van der Waals surface area contributed by atoms with Crippen LogP contribution in [-0.2, 0) is 14.2 Å². The Hall–Kier alpha value is -3.53. The number of fused-ring (bicyclic) bond motifs is 1. The highest BCUT2D eigenvalue weighted by Crippen LogP contribution is 2.46. The summed E-state index contributed by atoms with van der Waals surface area (Å²) >= 11 is 13.3. The lowest BCUT2D eigenvalue weighted by Crippen LogP contribution is -2.43. The fraction of sp³-hybridized carbons (Fsp3) is 0.269. The van der Waals surface area contributed by atoms with Gasteiger partial charge in [0.25, 0.3) is 0 Å². The molecule has 0 spiro atoms. The number of benzene rings is 2. The highest BCUT2D eigenvalue weighted by atomic mass is 35.5. The molecule has 5 rings (SSSR count). The summed E-state index contributed by atoms with van der Waals surface area (Å²) in [5.74, 6) is -0.688. The number of hydrogen-bond acceptors (Lipinski definition) is 8. The molecular weight excluding hydrogens is 519 g/mol. The molecule has 0 bridgehead atoms. The Labute approximate surface area is 222 Å². The number of alkyl halides is 1. The van der Waals surface area contributed by atoms with Gasteiger partial charge in [0.15, 0.2) is 23.1 Å². The van der Waals surface area contributed by atoms with Gasteiger partial charge in [-0.1, -0.05) is 48.0 Å². The number of rotatable bonds is 6. The molecular formula is C26H22Cl2N4O5. The third-order valence-corrected chi connectivity index (χ3v) is 6.72. The molecule has 2 aromatic heterocycles. The number of aromatic nitrogens is 4. The zero-order valence-corrected chi connectivity index (χ0v) is 21.4. The summed E-state index contributed by atoms with van der Waals surface area (Å²) in [4.78, 5) is 37.2. The zero-order chi connectivity index (χ0) is 26.2. The minimum atomic E-state index is -1.30. The Morgan fingerprint density at radius 3 is 2.30 bits per heavy atom. The molecule has 4 aromatic rings. The van der Waals surface area contributed by atoms with Crippen molar-refractivity contribution in [3.8, 4) is 0 Å². The number of halogens is 2. The lowest BCUT2D eigenvalue weighted by molar-refractivity contribution is -0.0565. The van der Waals surface area contributed by atoms with Gasteiger partial charge >= 0.3 is 11.9 Å². The molecule has 0 saturated carbocycles. The fourth-order valence-corrected chi connectivity index (χ4v) is 4.86. The molecule has 0 aliphatic carbocycles. The van der Waals surface area contributed by atoms with Crippen LogP contribution in [0.15, 0.2) is 67.0 Å². The Bertz CT molecular complexity index is 1450. The molecule has 1 fully saturated rings. The average molecular weight is 541 g/mol. The Morgan fingerprint density at radius 2 is 1.65 bits per heavy atom. The monoisotopic (exact) mass is 540 g/mol. The summed E-state index contributed by atoms with van der Waals surface area (Å²) in [5, 5.41) is 0.191. The molecule has 11 heteroatoms. The van der Waals surface area contributed by atoms with Crippen molar-refractivity contribution >= 4 is 46.3 Å². The standard InChI is InChI=1S/C26H22Cl2N4O5/c1-15-30-21(27)19-22(31-15)32(14-29-19)25-26(2,28)20(37-24(34)17-11-7-4-8-12-17)18(36-25)13-35-23(33)16-9-5-3-6-10-16/h3-12,14,18,20,25H,13H2,1-2H3/t18-,20-,25+,26-/m1/s1. The Balaban J connectivity index is 1.47. The van der Waals surface area contributed by atoms with Crippen molar-refractivity contribution in [2.24, 2.45) is 0 Å². The molecule has 4 atom stereocenters. The van der Waals surface area contributed by atoms with Crippen LogP contribution in [0.25, 0.3) is 11.2 Å². The summed E-state index contributed by atoms with van der Waals surface area (Å²) in [7, 11) is 0. The van der Waals surface area contributed by atoms with E-state index in [1.54, 1.807) is 79.1 Å². The van der Waals surface area contributed by atoms with Gasteiger partial charge in [0.2, 0.25) is 0 Å². The van der Waals surface area contributed by atoms with Crippen LogP contribution in [0, 0.1) is 6.92 Å². The molecule has 190 valence electrons. The van der Waals surface area contributed by atoms with Crippen molar-refractivity contribution in [3.63, 3.8) is 0 Å². The van der Waals surface area contributed by atoms with Gasteiger partial charge < -0.3 is 14.2 Å². The van der Waals surface area contributed by atoms with E-state index in [2.05, 4.69) is 15.0 Å². The topological polar surface area (TPSA) is 105 Å². The van der Waals surface area contributed by atoms with E-state index >= 15 is 0 Å². The molecule has 1 saturated heterocycles. The summed E-state index contributed by atoms with van der Waals surface area (Å²) < 4.78 is 19.3. The van der Waals surface area contributed by atoms with Crippen LogP contribution < -0.4 is 0 Å². The van der Waals surface area contributed by atoms with Gasteiger partial charge in [-0.3, -0.25) is 4.57 Å². The van der Waals surface area contributed by atoms with Crippen molar-refractivity contribution in [3.05, 3.63) is 89.1 Å². The lowest BCUT2D eigenvalue weighted by Gasteiger charge is -2.29. The van der Waals surface area contributed by atoms with E-state index in [0.717, 1.165) is 0 Å². The van der Waals surface area contributed by atoms with Crippen molar-refractivity contribution in [1.29, 1.82) is 0 Å². The number of carbonyl (C=O) groups excluding carboxylic acids is 2. The second kappa shape index (κ2) is 10.1. The quantitative estimate of drug-likeness (QED) is 0.195. The second-order valence-electron chi connectivity index (χ2n) is 8.72. The molecule has 9 nitrogen and oxygen atoms in total. The van der Waals surface area contributed by atoms with Gasteiger partial charge in [0.1, 0.15) is 28.9 Å². The normalized spacial score (nSPS) is 23.2. The average Bonchev–Trinajstić information content (AvgIpc) is 3.41. The number of imidazole rings is 1. The van der Waals surface area contributed by atoms with Crippen LogP contribution in [0.4, 0.5) is 0 Å². The Morgan fingerprint density at radius 1 is 1.03 bits per heavy atom. The smallest absolute Gasteiger partial charge is 0.338 e. The number of nitrogens with zero attached hydrogens (tertiary/aromatic N) is 4. The van der Waals surface area contributed by atoms with E-state index < -0.39 is 35.2 Å². The van der Waals surface area contributed by atoms with Gasteiger partial charge in [0, 0.05) is 0 Å². The molecule has 37 heavy (non-hydrogen) atoms. The molecule has 0 amide bonds. The first kappa shape index (κ1) is 25.1. The SMILES string of the molecule is Cc1nc(Cl)c2ncn([C@H]3O[C@H](COC(=O)c4ccccc4)[C@@H](OC(=O)c4ccccc4)[C@@]3(C)Cl)c2n1. The van der Waals surface area contributed by atoms with E-state index in [9.17, 15) is 9.59 Å². The summed E-state index contributed by atoms with van der Waals surface area (Å²) in [6.45, 7) is 3.18. The van der Waals surface area contributed by atoms with Crippen LogP contribution in [0.1, 0.15) is 39.7 Å². The first-order valence-corrected chi connectivity index (χ1v) is 12.2. The molecule has 1 aliphatic rings. The number of esters is 2. The number of ether oxygens (including phenoxy) is 3. The van der Waals surface area contributed by atoms with Crippen molar-refractivity contribution in [1.82, 2.24) is 19.5 Å². The maximum Gasteiger partial charge on any atom is 0.338 e. The van der Waals surface area contributed by atoms with E-state index in [1.807, 2.05) is 0 Å². The minimum Gasteiger partial charge on any atom is -0.459 e. The zero-order valence-electron chi connectivity index (χ0n) is 19.9. The molecule has 1 aliphatic heterocycles. The van der Waals surface area contributed by atoms with E-state index in [1.165, 1.54) is 6.33 Å². The fourth-order valence-electron chi connectivity index (χ4n) is 4.26. The first-order chi connectivity index (χ1) is 17.8. The van der Waals surface area contributed by atoms with Crippen molar-refractivity contribution in [2.45, 2.75) is 37.2 Å². The maximum absolute atomic E-state index is 13.0. The molecule has 2 aromatic carbocycles. The number of aryl methyl sites for hydroxylation is 1. The number of hydrogen-bond donors (Lipinski definition) is 0. The van der Waals surface area contributed by atoms with Crippen LogP contribution in [-0.4, -0.2) is 55.1 Å². The van der Waals surface area contributed by atoms with Crippen molar-refractivity contribution < 1.29 is 23.8 Å². The van der Waals surface area contributed by atoms with E-state index in [0.29, 0.717) is 28.1 Å². The van der Waals surface area contributed by atoms with E-state index in [4.69, 9.17) is 37.4 Å². The minimum absolute atomic E-state index is 0.191. The second-order valence-corrected chi connectivity index (χ2v) is 9.89. The third kappa shape index (κ3) is 4.90. The van der Waals surface area contributed by atoms with Gasteiger partial charge in [0.05, 0.1) is 17.5 Å². The molecule has 3 heterocycles. The molecule has 0 radical (unpaired) electrons. The van der Waals surface area contributed by atoms with Crippen molar-refractivity contribution in [2.75, 3.05) is 6.61 Å².